The van der Waals surface area contributed by atoms with E-state index in [1.54, 1.807) is 24.5 Å². The highest BCUT2D eigenvalue weighted by Gasteiger charge is 2.23. The molecule has 0 saturated carbocycles. The number of halogens is 2. The van der Waals surface area contributed by atoms with Crippen molar-refractivity contribution in [2.45, 2.75) is 10.9 Å². The fourth-order valence-corrected chi connectivity index (χ4v) is 4.05. The second kappa shape index (κ2) is 7.14. The molecule has 0 amide bonds. The molecule has 1 heterocycles. The lowest BCUT2D eigenvalue weighted by Gasteiger charge is -2.22. The van der Waals surface area contributed by atoms with Crippen LogP contribution in [0.15, 0.2) is 50.4 Å². The molecule has 0 spiro atoms. The summed E-state index contributed by atoms with van der Waals surface area (Å²) < 4.78 is 33.5. The van der Waals surface area contributed by atoms with E-state index in [1.807, 2.05) is 25.1 Å². The zero-order valence-corrected chi connectivity index (χ0v) is 15.2. The van der Waals surface area contributed by atoms with E-state index in [0.29, 0.717) is 5.76 Å². The highest BCUT2D eigenvalue weighted by Crippen LogP contribution is 2.26. The molecule has 120 valence electrons. The number of nitrogens with one attached hydrogen (secondary N) is 1. The second-order valence-corrected chi connectivity index (χ2v) is 7.98. The van der Waals surface area contributed by atoms with Crippen molar-refractivity contribution in [2.24, 2.45) is 0 Å². The van der Waals surface area contributed by atoms with Crippen LogP contribution in [0, 0.1) is 0 Å². The Morgan fingerprint density at radius 2 is 2.09 bits per heavy atom. The first-order chi connectivity index (χ1) is 10.3. The maximum absolute atomic E-state index is 12.4. The van der Waals surface area contributed by atoms with Crippen molar-refractivity contribution in [2.75, 3.05) is 20.6 Å². The standard InChI is InChI=1S/C14H16BrClN2O3S/c1-18(2)12(13-4-3-7-21-13)9-17-22(19,20)14-6-5-10(15)8-11(14)16/h3-8,12,17H,9H2,1-2H3. The molecule has 0 aliphatic carbocycles. The summed E-state index contributed by atoms with van der Waals surface area (Å²) in [6.45, 7) is 0.176. The molecular formula is C14H16BrClN2O3S. The summed E-state index contributed by atoms with van der Waals surface area (Å²) in [7, 11) is 0.0120. The fourth-order valence-electron chi connectivity index (χ4n) is 1.98. The van der Waals surface area contributed by atoms with Crippen molar-refractivity contribution >= 4 is 37.6 Å². The molecule has 0 bridgehead atoms. The van der Waals surface area contributed by atoms with E-state index in [2.05, 4.69) is 20.7 Å². The number of hydrogen-bond donors (Lipinski definition) is 1. The number of likely N-dealkylation sites (N-methyl/N-ethyl adjacent to an activating group) is 1. The Hall–Kier alpha value is -0.860. The SMILES string of the molecule is CN(C)C(CNS(=O)(=O)c1ccc(Br)cc1Cl)c1ccco1. The number of hydrogen-bond acceptors (Lipinski definition) is 4. The molecule has 5 nitrogen and oxygen atoms in total. The van der Waals surface area contributed by atoms with E-state index in [-0.39, 0.29) is 22.5 Å². The molecule has 0 aliphatic heterocycles. The third-order valence-corrected chi connectivity index (χ3v) is 5.54. The van der Waals surface area contributed by atoms with Gasteiger partial charge in [-0.3, -0.25) is 4.90 Å². The van der Waals surface area contributed by atoms with Crippen molar-refractivity contribution in [1.82, 2.24) is 9.62 Å². The second-order valence-electron chi connectivity index (χ2n) is 4.92. The highest BCUT2D eigenvalue weighted by molar-refractivity contribution is 9.10. The van der Waals surface area contributed by atoms with Crippen LogP contribution in [0.2, 0.25) is 5.02 Å². The molecule has 2 rings (SSSR count). The molecule has 0 aliphatic rings. The molecule has 0 saturated heterocycles. The third kappa shape index (κ3) is 4.11. The first-order valence-corrected chi connectivity index (χ1v) is 9.11. The quantitative estimate of drug-likeness (QED) is 0.798. The smallest absolute Gasteiger partial charge is 0.242 e. The molecule has 1 atom stereocenters. The van der Waals surface area contributed by atoms with E-state index >= 15 is 0 Å². The van der Waals surface area contributed by atoms with Gasteiger partial charge < -0.3 is 4.42 Å². The monoisotopic (exact) mass is 406 g/mol. The average molecular weight is 408 g/mol. The van der Waals surface area contributed by atoms with Crippen LogP contribution in [0.3, 0.4) is 0 Å². The predicted octanol–water partition coefficient (Wildman–Crippen LogP) is 3.28. The van der Waals surface area contributed by atoms with Gasteiger partial charge in [-0.1, -0.05) is 27.5 Å². The summed E-state index contributed by atoms with van der Waals surface area (Å²) in [6.07, 6.45) is 1.56. The summed E-state index contributed by atoms with van der Waals surface area (Å²) in [5.74, 6) is 0.689. The summed E-state index contributed by atoms with van der Waals surface area (Å²) in [5.41, 5.74) is 0. The van der Waals surface area contributed by atoms with Gasteiger partial charge in [0, 0.05) is 11.0 Å². The van der Waals surface area contributed by atoms with Crippen LogP contribution in [0.25, 0.3) is 0 Å². The molecule has 1 N–H and O–H groups in total. The van der Waals surface area contributed by atoms with Crippen LogP contribution in [0.1, 0.15) is 11.8 Å². The first kappa shape index (κ1) is 17.5. The lowest BCUT2D eigenvalue weighted by molar-refractivity contribution is 0.259. The number of furan rings is 1. The predicted molar refractivity (Wildman–Crippen MR) is 89.5 cm³/mol. The summed E-state index contributed by atoms with van der Waals surface area (Å²) >= 11 is 9.27. The van der Waals surface area contributed by atoms with Gasteiger partial charge in [0.15, 0.2) is 0 Å². The van der Waals surface area contributed by atoms with Gasteiger partial charge in [-0.15, -0.1) is 0 Å². The van der Waals surface area contributed by atoms with Crippen LogP contribution < -0.4 is 4.72 Å². The Bertz CT molecular complexity index is 733. The molecule has 22 heavy (non-hydrogen) atoms. The lowest BCUT2D eigenvalue weighted by atomic mass is 10.2. The largest absolute Gasteiger partial charge is 0.468 e. The Kier molecular flexibility index (Phi) is 5.68. The van der Waals surface area contributed by atoms with Gasteiger partial charge in [0.2, 0.25) is 10.0 Å². The van der Waals surface area contributed by atoms with Crippen LogP contribution in [0.4, 0.5) is 0 Å². The summed E-state index contributed by atoms with van der Waals surface area (Å²) in [4.78, 5) is 1.93. The van der Waals surface area contributed by atoms with Gasteiger partial charge in [0.1, 0.15) is 10.7 Å². The zero-order valence-electron chi connectivity index (χ0n) is 12.1. The topological polar surface area (TPSA) is 62.6 Å². The molecule has 1 aromatic heterocycles. The van der Waals surface area contributed by atoms with Gasteiger partial charge in [-0.25, -0.2) is 13.1 Å². The lowest BCUT2D eigenvalue weighted by Crippen LogP contribution is -2.34. The average Bonchev–Trinajstić information content (AvgIpc) is 2.91. The molecule has 0 fully saturated rings. The Balaban J connectivity index is 2.18. The maximum atomic E-state index is 12.4. The van der Waals surface area contributed by atoms with Crippen molar-refractivity contribution in [3.63, 3.8) is 0 Å². The molecule has 8 heteroatoms. The molecule has 1 unspecified atom stereocenters. The number of sulfonamides is 1. The van der Waals surface area contributed by atoms with Gasteiger partial charge in [0.05, 0.1) is 17.3 Å². The Labute approximate surface area is 143 Å². The zero-order chi connectivity index (χ0) is 16.3. The molecular weight excluding hydrogens is 392 g/mol. The van der Waals surface area contributed by atoms with Crippen LogP contribution >= 0.6 is 27.5 Å². The number of rotatable bonds is 6. The normalized spacial score (nSPS) is 13.5. The first-order valence-electron chi connectivity index (χ1n) is 6.46. The number of benzene rings is 1. The van der Waals surface area contributed by atoms with Gasteiger partial charge in [-0.2, -0.15) is 0 Å². The van der Waals surface area contributed by atoms with Gasteiger partial charge >= 0.3 is 0 Å². The van der Waals surface area contributed by atoms with E-state index in [9.17, 15) is 8.42 Å². The molecule has 0 radical (unpaired) electrons. The third-order valence-electron chi connectivity index (χ3n) is 3.15. The summed E-state index contributed by atoms with van der Waals surface area (Å²) in [6, 6.07) is 8.02. The van der Waals surface area contributed by atoms with E-state index in [1.165, 1.54) is 6.07 Å². The van der Waals surface area contributed by atoms with Gasteiger partial charge in [-0.05, 0) is 44.4 Å². The van der Waals surface area contributed by atoms with Crippen LogP contribution in [0.5, 0.6) is 0 Å². The summed E-state index contributed by atoms with van der Waals surface area (Å²) in [5, 5.41) is 0.168. The molecule has 2 aromatic rings. The van der Waals surface area contributed by atoms with Crippen molar-refractivity contribution < 1.29 is 12.8 Å². The van der Waals surface area contributed by atoms with Crippen molar-refractivity contribution in [1.29, 1.82) is 0 Å². The van der Waals surface area contributed by atoms with Gasteiger partial charge in [0.25, 0.3) is 0 Å². The number of nitrogens with zero attached hydrogens (tertiary/aromatic N) is 1. The van der Waals surface area contributed by atoms with Crippen LogP contribution in [-0.4, -0.2) is 34.0 Å². The Morgan fingerprint density at radius 1 is 1.36 bits per heavy atom. The van der Waals surface area contributed by atoms with E-state index in [4.69, 9.17) is 16.0 Å². The Morgan fingerprint density at radius 3 is 2.64 bits per heavy atom. The van der Waals surface area contributed by atoms with E-state index in [0.717, 1.165) is 4.47 Å². The van der Waals surface area contributed by atoms with Crippen molar-refractivity contribution in [3.8, 4) is 0 Å². The fraction of sp³-hybridized carbons (Fsp3) is 0.286. The van der Waals surface area contributed by atoms with E-state index < -0.39 is 10.0 Å². The minimum atomic E-state index is -3.70. The van der Waals surface area contributed by atoms with Crippen LogP contribution in [-0.2, 0) is 10.0 Å². The van der Waals surface area contributed by atoms with Crippen molar-refractivity contribution in [3.05, 3.63) is 51.9 Å². The maximum Gasteiger partial charge on any atom is 0.242 e. The minimum absolute atomic E-state index is 0.0503. The minimum Gasteiger partial charge on any atom is -0.468 e. The highest BCUT2D eigenvalue weighted by atomic mass is 79.9. The molecule has 1 aromatic carbocycles.